The Labute approximate surface area is 72.8 Å². The second-order valence-electron chi connectivity index (χ2n) is 2.11. The van der Waals surface area contributed by atoms with E-state index in [-0.39, 0.29) is 10.9 Å². The van der Waals surface area contributed by atoms with E-state index in [1.807, 2.05) is 0 Å². The van der Waals surface area contributed by atoms with Crippen molar-refractivity contribution in [1.82, 2.24) is 15.6 Å². The van der Waals surface area contributed by atoms with Crippen LogP contribution in [0.25, 0.3) is 0 Å². The highest BCUT2D eigenvalue weighted by Gasteiger charge is 1.98. The molecule has 0 bridgehead atoms. The van der Waals surface area contributed by atoms with Crippen LogP contribution in [0.3, 0.4) is 0 Å². The lowest BCUT2D eigenvalue weighted by Gasteiger charge is -2.00. The molecule has 6 heteroatoms. The van der Waals surface area contributed by atoms with Crippen molar-refractivity contribution in [3.8, 4) is 0 Å². The zero-order valence-electron chi connectivity index (χ0n) is 6.51. The summed E-state index contributed by atoms with van der Waals surface area (Å²) >= 11 is 1.08. The molecule has 5 nitrogen and oxygen atoms in total. The maximum atomic E-state index is 10.7. The van der Waals surface area contributed by atoms with Crippen LogP contribution in [0.2, 0.25) is 0 Å². The number of aromatic amines is 1. The first-order chi connectivity index (χ1) is 5.72. The third kappa shape index (κ3) is 2.39. The molecule has 0 aliphatic rings. The molecule has 0 aliphatic heterocycles. The summed E-state index contributed by atoms with van der Waals surface area (Å²) < 4.78 is 0. The van der Waals surface area contributed by atoms with E-state index >= 15 is 0 Å². The van der Waals surface area contributed by atoms with E-state index in [1.54, 1.807) is 5.38 Å². The molecule has 2 amide bonds. The van der Waals surface area contributed by atoms with Gasteiger partial charge in [0.15, 0.2) is 0 Å². The van der Waals surface area contributed by atoms with Gasteiger partial charge in [-0.05, 0) is 0 Å². The zero-order chi connectivity index (χ0) is 8.97. The maximum Gasteiger partial charge on any atom is 0.314 e. The fourth-order valence-corrected chi connectivity index (χ4v) is 1.25. The molecular formula is C6H9N3O2S. The van der Waals surface area contributed by atoms with Crippen LogP contribution in [0, 0.1) is 0 Å². The Morgan fingerprint density at radius 1 is 1.75 bits per heavy atom. The second-order valence-corrected chi connectivity index (χ2v) is 2.95. The largest absolute Gasteiger partial charge is 0.341 e. The average molecular weight is 187 g/mol. The smallest absolute Gasteiger partial charge is 0.314 e. The Hall–Kier alpha value is -1.30. The first kappa shape index (κ1) is 8.79. The van der Waals surface area contributed by atoms with Gasteiger partial charge in [0, 0.05) is 18.1 Å². The second kappa shape index (κ2) is 3.91. The van der Waals surface area contributed by atoms with Crippen molar-refractivity contribution in [3.05, 3.63) is 20.7 Å². The molecule has 0 aromatic carbocycles. The molecule has 0 fully saturated rings. The lowest BCUT2D eigenvalue weighted by Crippen LogP contribution is -2.32. The summed E-state index contributed by atoms with van der Waals surface area (Å²) in [6, 6.07) is -0.262. The molecule has 0 spiro atoms. The minimum Gasteiger partial charge on any atom is -0.341 e. The van der Waals surface area contributed by atoms with Crippen molar-refractivity contribution in [2.75, 3.05) is 7.05 Å². The van der Waals surface area contributed by atoms with Gasteiger partial charge in [0.1, 0.15) is 0 Å². The number of nitrogens with one attached hydrogen (secondary N) is 3. The van der Waals surface area contributed by atoms with Gasteiger partial charge < -0.3 is 15.6 Å². The highest BCUT2D eigenvalue weighted by molar-refractivity contribution is 7.07. The molecule has 12 heavy (non-hydrogen) atoms. The van der Waals surface area contributed by atoms with Crippen molar-refractivity contribution in [2.45, 2.75) is 6.54 Å². The Bertz CT molecular complexity index is 317. The summed E-state index contributed by atoms with van der Waals surface area (Å²) in [7, 11) is 1.53. The molecule has 1 rings (SSSR count). The SMILES string of the molecule is CNC(=O)NCc1csc(=O)[nH]1. The minimum absolute atomic E-state index is 0.108. The van der Waals surface area contributed by atoms with E-state index in [1.165, 1.54) is 7.05 Å². The number of amides is 2. The summed E-state index contributed by atoms with van der Waals surface area (Å²) in [5, 5.41) is 6.63. The maximum absolute atomic E-state index is 10.7. The molecule has 1 aromatic rings. The first-order valence-corrected chi connectivity index (χ1v) is 4.22. The van der Waals surface area contributed by atoms with Crippen LogP contribution >= 0.6 is 11.3 Å². The third-order valence-electron chi connectivity index (χ3n) is 1.24. The molecule has 0 aliphatic carbocycles. The monoisotopic (exact) mass is 187 g/mol. The summed E-state index contributed by atoms with van der Waals surface area (Å²) in [5.41, 5.74) is 0.716. The molecule has 0 unspecified atom stereocenters. The normalized spacial score (nSPS) is 9.42. The van der Waals surface area contributed by atoms with Gasteiger partial charge in [0.2, 0.25) is 0 Å². The number of hydrogen-bond donors (Lipinski definition) is 3. The van der Waals surface area contributed by atoms with Crippen LogP contribution in [0.15, 0.2) is 10.2 Å². The van der Waals surface area contributed by atoms with Crippen LogP contribution in [-0.2, 0) is 6.54 Å². The fourth-order valence-electron chi connectivity index (χ4n) is 0.664. The minimum atomic E-state index is -0.262. The van der Waals surface area contributed by atoms with E-state index in [4.69, 9.17) is 0 Å². The van der Waals surface area contributed by atoms with Gasteiger partial charge in [-0.1, -0.05) is 11.3 Å². The highest BCUT2D eigenvalue weighted by Crippen LogP contribution is 1.93. The predicted molar refractivity (Wildman–Crippen MR) is 46.2 cm³/mol. The summed E-state index contributed by atoms with van der Waals surface area (Å²) in [4.78, 5) is 23.8. The molecule has 0 radical (unpaired) electrons. The van der Waals surface area contributed by atoms with Crippen molar-refractivity contribution in [3.63, 3.8) is 0 Å². The van der Waals surface area contributed by atoms with Gasteiger partial charge in [0.05, 0.1) is 6.54 Å². The van der Waals surface area contributed by atoms with E-state index in [9.17, 15) is 9.59 Å². The van der Waals surface area contributed by atoms with Gasteiger partial charge in [-0.2, -0.15) is 0 Å². The van der Waals surface area contributed by atoms with Crippen LogP contribution in [-0.4, -0.2) is 18.1 Å². The number of urea groups is 1. The Balaban J connectivity index is 2.43. The molecule has 3 N–H and O–H groups in total. The van der Waals surface area contributed by atoms with Crippen LogP contribution in [0.4, 0.5) is 4.79 Å². The zero-order valence-corrected chi connectivity index (χ0v) is 7.33. The first-order valence-electron chi connectivity index (χ1n) is 3.34. The van der Waals surface area contributed by atoms with Gasteiger partial charge in [-0.3, -0.25) is 4.79 Å². The van der Waals surface area contributed by atoms with E-state index in [0.717, 1.165) is 11.3 Å². The molecule has 1 aromatic heterocycles. The Kier molecular flexibility index (Phi) is 2.87. The van der Waals surface area contributed by atoms with Crippen molar-refractivity contribution >= 4 is 17.4 Å². The topological polar surface area (TPSA) is 74.0 Å². The fraction of sp³-hybridized carbons (Fsp3) is 0.333. The van der Waals surface area contributed by atoms with Crippen LogP contribution in [0.5, 0.6) is 0 Å². The standard InChI is InChI=1S/C6H9N3O2S/c1-7-5(10)8-2-4-3-12-6(11)9-4/h3H,2H2,1H3,(H,9,11)(H2,7,8,10). The lowest BCUT2D eigenvalue weighted by molar-refractivity contribution is 0.242. The number of aromatic nitrogens is 1. The molecule has 0 saturated heterocycles. The van der Waals surface area contributed by atoms with E-state index in [0.29, 0.717) is 12.2 Å². The third-order valence-corrected chi connectivity index (χ3v) is 1.96. The number of thiazole rings is 1. The number of carbonyl (C=O) groups excluding carboxylic acids is 1. The lowest BCUT2D eigenvalue weighted by atomic mass is 10.5. The Morgan fingerprint density at radius 2 is 2.50 bits per heavy atom. The van der Waals surface area contributed by atoms with Crippen molar-refractivity contribution in [1.29, 1.82) is 0 Å². The molecule has 66 valence electrons. The van der Waals surface area contributed by atoms with Gasteiger partial charge in [-0.15, -0.1) is 0 Å². The number of rotatable bonds is 2. The van der Waals surface area contributed by atoms with Crippen LogP contribution < -0.4 is 15.5 Å². The van der Waals surface area contributed by atoms with E-state index in [2.05, 4.69) is 15.6 Å². The molecular weight excluding hydrogens is 178 g/mol. The molecule has 0 atom stereocenters. The van der Waals surface area contributed by atoms with E-state index < -0.39 is 0 Å². The highest BCUT2D eigenvalue weighted by atomic mass is 32.1. The van der Waals surface area contributed by atoms with Gasteiger partial charge >= 0.3 is 10.9 Å². The summed E-state index contributed by atoms with van der Waals surface area (Å²) in [5.74, 6) is 0. The summed E-state index contributed by atoms with van der Waals surface area (Å²) in [6.07, 6.45) is 0. The van der Waals surface area contributed by atoms with Crippen molar-refractivity contribution in [2.24, 2.45) is 0 Å². The number of H-pyrrole nitrogens is 1. The predicted octanol–water partition coefficient (Wildman–Crippen LogP) is -0.135. The molecule has 0 saturated carbocycles. The quantitative estimate of drug-likeness (QED) is 0.603. The number of carbonyl (C=O) groups is 1. The summed E-state index contributed by atoms with van der Waals surface area (Å²) in [6.45, 7) is 0.346. The van der Waals surface area contributed by atoms with Gasteiger partial charge in [-0.25, -0.2) is 4.79 Å². The number of hydrogen-bond acceptors (Lipinski definition) is 3. The van der Waals surface area contributed by atoms with Crippen LogP contribution in [0.1, 0.15) is 5.69 Å². The average Bonchev–Trinajstić information content (AvgIpc) is 2.47. The Morgan fingerprint density at radius 3 is 3.00 bits per heavy atom. The molecule has 1 heterocycles. The van der Waals surface area contributed by atoms with Crippen molar-refractivity contribution < 1.29 is 4.79 Å². The van der Waals surface area contributed by atoms with Gasteiger partial charge in [0.25, 0.3) is 0 Å².